The summed E-state index contributed by atoms with van der Waals surface area (Å²) in [4.78, 5) is 25.5. The first-order valence-electron chi connectivity index (χ1n) is 8.13. The molecule has 1 aromatic carbocycles. The molecule has 0 fully saturated rings. The third-order valence-corrected chi connectivity index (χ3v) is 5.41. The number of para-hydroxylation sites is 1. The Kier molecular flexibility index (Phi) is 4.90. The van der Waals surface area contributed by atoms with Gasteiger partial charge in [0.25, 0.3) is 0 Å². The van der Waals surface area contributed by atoms with Crippen molar-refractivity contribution in [2.24, 2.45) is 5.41 Å². The maximum Gasteiger partial charge on any atom is 0.348 e. The summed E-state index contributed by atoms with van der Waals surface area (Å²) in [6.45, 7) is 7.03. The van der Waals surface area contributed by atoms with Gasteiger partial charge in [0.2, 0.25) is 0 Å². The zero-order chi connectivity index (χ0) is 19.1. The van der Waals surface area contributed by atoms with Gasteiger partial charge in [-0.25, -0.2) is 9.48 Å². The summed E-state index contributed by atoms with van der Waals surface area (Å²) >= 11 is 7.55. The lowest BCUT2D eigenvalue weighted by atomic mass is 9.91. The second-order valence-electron chi connectivity index (χ2n) is 7.03. The Morgan fingerprint density at radius 1 is 1.27 bits per heavy atom. The van der Waals surface area contributed by atoms with E-state index in [1.54, 1.807) is 37.6 Å². The number of aryl methyl sites for hydroxylation is 1. The predicted molar refractivity (Wildman–Crippen MR) is 103 cm³/mol. The number of aromatic nitrogens is 2. The minimum atomic E-state index is -0.540. The second-order valence-corrected chi connectivity index (χ2v) is 8.47. The first-order chi connectivity index (χ1) is 12.2. The lowest BCUT2D eigenvalue weighted by molar-refractivity contribution is -0.129. The van der Waals surface area contributed by atoms with E-state index in [0.717, 1.165) is 21.6 Å². The van der Waals surface area contributed by atoms with Crippen LogP contribution in [0.5, 0.6) is 0 Å². The summed E-state index contributed by atoms with van der Waals surface area (Å²) in [5.74, 6) is -0.626. The Hall–Kier alpha value is -2.18. The summed E-state index contributed by atoms with van der Waals surface area (Å²) in [7, 11) is 0. The number of benzene rings is 1. The van der Waals surface area contributed by atoms with Crippen LogP contribution in [0.2, 0.25) is 5.02 Å². The molecular formula is C19H19ClN2O3S. The first kappa shape index (κ1) is 18.6. The molecule has 0 atom stereocenters. The molecule has 7 heteroatoms. The molecular weight excluding hydrogens is 372 g/mol. The van der Waals surface area contributed by atoms with E-state index in [9.17, 15) is 9.59 Å². The molecule has 0 saturated carbocycles. The Bertz CT molecular complexity index is 998. The maximum atomic E-state index is 12.3. The molecule has 0 aliphatic rings. The van der Waals surface area contributed by atoms with Gasteiger partial charge < -0.3 is 4.74 Å². The monoisotopic (exact) mass is 390 g/mol. The van der Waals surface area contributed by atoms with Crippen LogP contribution in [0.4, 0.5) is 0 Å². The van der Waals surface area contributed by atoms with Gasteiger partial charge in [-0.15, -0.1) is 11.3 Å². The third kappa shape index (κ3) is 3.52. The van der Waals surface area contributed by atoms with Crippen LogP contribution in [-0.4, -0.2) is 28.1 Å². The van der Waals surface area contributed by atoms with Gasteiger partial charge >= 0.3 is 5.97 Å². The highest BCUT2D eigenvalue weighted by Gasteiger charge is 2.24. The number of carbonyl (C=O) groups excluding carboxylic acids is 2. The van der Waals surface area contributed by atoms with E-state index in [0.29, 0.717) is 9.90 Å². The van der Waals surface area contributed by atoms with Crippen molar-refractivity contribution in [2.45, 2.75) is 27.7 Å². The summed E-state index contributed by atoms with van der Waals surface area (Å²) in [5.41, 5.74) is 1.000. The molecule has 0 aliphatic carbocycles. The zero-order valence-corrected chi connectivity index (χ0v) is 16.6. The van der Waals surface area contributed by atoms with Gasteiger partial charge in [-0.1, -0.05) is 44.5 Å². The van der Waals surface area contributed by atoms with Gasteiger partial charge in [0, 0.05) is 10.8 Å². The normalized spacial score (nSPS) is 11.7. The van der Waals surface area contributed by atoms with E-state index in [-0.39, 0.29) is 12.4 Å². The van der Waals surface area contributed by atoms with Gasteiger partial charge in [0.05, 0.1) is 16.4 Å². The lowest BCUT2D eigenvalue weighted by Gasteiger charge is -2.15. The molecule has 136 valence electrons. The molecule has 0 N–H and O–H groups in total. The van der Waals surface area contributed by atoms with Crippen LogP contribution in [0.3, 0.4) is 0 Å². The van der Waals surface area contributed by atoms with Crippen LogP contribution >= 0.6 is 22.9 Å². The molecule has 0 saturated heterocycles. The summed E-state index contributed by atoms with van der Waals surface area (Å²) in [6, 6.07) is 9.14. The Balaban J connectivity index is 1.91. The van der Waals surface area contributed by atoms with Crippen LogP contribution in [0, 0.1) is 12.3 Å². The number of thiophene rings is 1. The van der Waals surface area contributed by atoms with Crippen molar-refractivity contribution in [1.82, 2.24) is 9.78 Å². The number of ether oxygens (including phenoxy) is 1. The molecule has 2 heterocycles. The fraction of sp³-hybridized carbons (Fsp3) is 0.316. The minimum Gasteiger partial charge on any atom is -0.453 e. The smallest absolute Gasteiger partial charge is 0.348 e. The lowest BCUT2D eigenvalue weighted by Crippen LogP contribution is -2.26. The Labute approximate surface area is 160 Å². The number of carbonyl (C=O) groups is 2. The van der Waals surface area contributed by atoms with Gasteiger partial charge in [0.1, 0.15) is 9.71 Å². The van der Waals surface area contributed by atoms with Crippen LogP contribution in [0.15, 0.2) is 30.3 Å². The third-order valence-electron chi connectivity index (χ3n) is 4.00. The van der Waals surface area contributed by atoms with Gasteiger partial charge in [-0.2, -0.15) is 5.10 Å². The number of halogens is 1. The number of nitrogens with zero attached hydrogens (tertiary/aromatic N) is 2. The number of hydrogen-bond acceptors (Lipinski definition) is 5. The molecule has 2 aromatic heterocycles. The van der Waals surface area contributed by atoms with Crippen molar-refractivity contribution < 1.29 is 14.3 Å². The summed E-state index contributed by atoms with van der Waals surface area (Å²) in [6.07, 6.45) is 0. The standard InChI is InChI=1S/C19H19ClN2O3S/c1-11-12-9-15(18(24)25-10-16(23)19(2,3)4)26-17(12)22(21-11)14-8-6-5-7-13(14)20/h5-9H,10H2,1-4H3. The second kappa shape index (κ2) is 6.85. The zero-order valence-electron chi connectivity index (χ0n) is 15.0. The fourth-order valence-electron chi connectivity index (χ4n) is 2.35. The highest BCUT2D eigenvalue weighted by molar-refractivity contribution is 7.20. The van der Waals surface area contributed by atoms with Crippen LogP contribution in [-0.2, 0) is 9.53 Å². The number of rotatable bonds is 4. The van der Waals surface area contributed by atoms with Crippen molar-refractivity contribution in [3.63, 3.8) is 0 Å². The fourth-order valence-corrected chi connectivity index (χ4v) is 3.64. The predicted octanol–water partition coefficient (Wildman–Crippen LogP) is 4.82. The molecule has 0 bridgehead atoms. The van der Waals surface area contributed by atoms with E-state index in [1.165, 1.54) is 11.3 Å². The minimum absolute atomic E-state index is 0.120. The molecule has 0 radical (unpaired) electrons. The highest BCUT2D eigenvalue weighted by atomic mass is 35.5. The first-order valence-corrected chi connectivity index (χ1v) is 9.32. The van der Waals surface area contributed by atoms with E-state index in [4.69, 9.17) is 16.3 Å². The summed E-state index contributed by atoms with van der Waals surface area (Å²) < 4.78 is 6.92. The van der Waals surface area contributed by atoms with Crippen LogP contribution in [0.1, 0.15) is 36.1 Å². The topological polar surface area (TPSA) is 61.2 Å². The van der Waals surface area contributed by atoms with Crippen molar-refractivity contribution in [3.8, 4) is 5.69 Å². The average molecular weight is 391 g/mol. The van der Waals surface area contributed by atoms with Gasteiger partial charge in [-0.3, -0.25) is 4.79 Å². The van der Waals surface area contributed by atoms with E-state index >= 15 is 0 Å². The number of hydrogen-bond donors (Lipinski definition) is 0. The number of fused-ring (bicyclic) bond motifs is 1. The summed E-state index contributed by atoms with van der Waals surface area (Å²) in [5, 5.41) is 5.96. The van der Waals surface area contributed by atoms with Gasteiger partial charge in [0.15, 0.2) is 12.4 Å². The number of Topliss-reactive ketones (excluding diaryl/α,β-unsaturated/α-hetero) is 1. The Morgan fingerprint density at radius 2 is 1.96 bits per heavy atom. The van der Waals surface area contributed by atoms with E-state index < -0.39 is 11.4 Å². The van der Waals surface area contributed by atoms with E-state index in [1.807, 2.05) is 25.1 Å². The molecule has 26 heavy (non-hydrogen) atoms. The number of esters is 1. The maximum absolute atomic E-state index is 12.3. The SMILES string of the molecule is Cc1nn(-c2ccccc2Cl)c2sc(C(=O)OCC(=O)C(C)(C)C)cc12. The average Bonchev–Trinajstić information content (AvgIpc) is 3.13. The van der Waals surface area contributed by atoms with Crippen molar-refractivity contribution in [2.75, 3.05) is 6.61 Å². The largest absolute Gasteiger partial charge is 0.453 e. The van der Waals surface area contributed by atoms with Gasteiger partial charge in [-0.05, 0) is 25.1 Å². The molecule has 0 amide bonds. The number of ketones is 1. The highest BCUT2D eigenvalue weighted by Crippen LogP contribution is 2.32. The molecule has 5 nitrogen and oxygen atoms in total. The van der Waals surface area contributed by atoms with E-state index in [2.05, 4.69) is 5.10 Å². The van der Waals surface area contributed by atoms with Crippen LogP contribution < -0.4 is 0 Å². The molecule has 0 unspecified atom stereocenters. The molecule has 3 aromatic rings. The molecule has 0 spiro atoms. The Morgan fingerprint density at radius 3 is 2.62 bits per heavy atom. The van der Waals surface area contributed by atoms with Crippen molar-refractivity contribution in [1.29, 1.82) is 0 Å². The molecule has 0 aliphatic heterocycles. The quantitative estimate of drug-likeness (QED) is 0.599. The van der Waals surface area contributed by atoms with Crippen molar-refractivity contribution in [3.05, 3.63) is 45.9 Å². The van der Waals surface area contributed by atoms with Crippen molar-refractivity contribution >= 4 is 44.9 Å². The van der Waals surface area contributed by atoms with Crippen LogP contribution in [0.25, 0.3) is 15.9 Å². The molecule has 3 rings (SSSR count).